The quantitative estimate of drug-likeness (QED) is 0.892. The van der Waals surface area contributed by atoms with Crippen molar-refractivity contribution in [3.63, 3.8) is 0 Å². The number of nitrogens with zero attached hydrogens (tertiary/aromatic N) is 1. The van der Waals surface area contributed by atoms with E-state index in [4.69, 9.17) is 0 Å². The molecule has 6 nitrogen and oxygen atoms in total. The Morgan fingerprint density at radius 2 is 1.91 bits per heavy atom. The number of halogens is 2. The van der Waals surface area contributed by atoms with E-state index in [1.165, 1.54) is 25.1 Å². The van der Waals surface area contributed by atoms with Gasteiger partial charge in [-0.15, -0.1) is 0 Å². The number of benzene rings is 1. The summed E-state index contributed by atoms with van der Waals surface area (Å²) in [5, 5.41) is 5.28. The fourth-order valence-electron chi connectivity index (χ4n) is 2.45. The predicted molar refractivity (Wildman–Crippen MR) is 80.5 cm³/mol. The summed E-state index contributed by atoms with van der Waals surface area (Å²) < 4.78 is 29.0. The highest BCUT2D eigenvalue weighted by Gasteiger charge is 2.22. The summed E-state index contributed by atoms with van der Waals surface area (Å²) >= 11 is 0. The molecule has 2 N–H and O–H groups in total. The number of rotatable bonds is 4. The summed E-state index contributed by atoms with van der Waals surface area (Å²) in [6.07, 6.45) is 1.31. The third-order valence-corrected chi connectivity index (χ3v) is 3.63. The largest absolute Gasteiger partial charge is 0.433 e. The van der Waals surface area contributed by atoms with Crippen LogP contribution in [-0.4, -0.2) is 42.6 Å². The molecule has 0 atom stereocenters. The van der Waals surface area contributed by atoms with Gasteiger partial charge in [0.05, 0.1) is 5.69 Å². The Bertz CT molecular complexity index is 561. The van der Waals surface area contributed by atoms with Crippen molar-refractivity contribution in [2.24, 2.45) is 0 Å². The number of hydrogen-bond donors (Lipinski definition) is 2. The van der Waals surface area contributed by atoms with Crippen LogP contribution in [0.1, 0.15) is 19.8 Å². The van der Waals surface area contributed by atoms with Crippen molar-refractivity contribution in [3.05, 3.63) is 24.3 Å². The molecular weight excluding hydrogens is 308 g/mol. The number of anilines is 1. The number of ether oxygens (including phenoxy) is 1. The second-order valence-corrected chi connectivity index (χ2v) is 5.25. The first-order valence-corrected chi connectivity index (χ1v) is 7.32. The van der Waals surface area contributed by atoms with Crippen LogP contribution in [0.3, 0.4) is 0 Å². The maximum Gasteiger partial charge on any atom is 0.387 e. The van der Waals surface area contributed by atoms with E-state index in [1.807, 2.05) is 0 Å². The van der Waals surface area contributed by atoms with Gasteiger partial charge in [0.2, 0.25) is 5.91 Å². The molecule has 0 aliphatic carbocycles. The highest BCUT2D eigenvalue weighted by Crippen LogP contribution is 2.25. The summed E-state index contributed by atoms with van der Waals surface area (Å²) in [5.41, 5.74) is 0.173. The van der Waals surface area contributed by atoms with Crippen LogP contribution in [0, 0.1) is 0 Å². The Kier molecular flexibility index (Phi) is 5.72. The van der Waals surface area contributed by atoms with E-state index in [-0.39, 0.29) is 23.4 Å². The molecule has 0 unspecified atom stereocenters. The molecule has 1 saturated heterocycles. The van der Waals surface area contributed by atoms with Crippen LogP contribution < -0.4 is 15.4 Å². The van der Waals surface area contributed by atoms with Crippen molar-refractivity contribution in [2.75, 3.05) is 18.4 Å². The monoisotopic (exact) mass is 327 g/mol. The minimum absolute atomic E-state index is 0.0194. The molecule has 8 heteroatoms. The van der Waals surface area contributed by atoms with Crippen molar-refractivity contribution >= 4 is 17.6 Å². The van der Waals surface area contributed by atoms with Crippen molar-refractivity contribution in [2.45, 2.75) is 32.4 Å². The molecule has 1 fully saturated rings. The standard InChI is InChI=1S/C15H19F2N3O3/c1-10(21)20-8-6-11(7-9-20)18-15(22)19-12-4-2-3-5-13(12)23-14(16)17/h2-5,11,14H,6-9H2,1H3,(H2,18,19,22). The van der Waals surface area contributed by atoms with E-state index < -0.39 is 12.6 Å². The molecule has 0 saturated carbocycles. The lowest BCUT2D eigenvalue weighted by Crippen LogP contribution is -2.47. The lowest BCUT2D eigenvalue weighted by atomic mass is 10.1. The zero-order valence-electron chi connectivity index (χ0n) is 12.7. The van der Waals surface area contributed by atoms with Crippen LogP contribution in [0.25, 0.3) is 0 Å². The molecule has 2 rings (SSSR count). The Hall–Kier alpha value is -2.38. The molecular formula is C15H19F2N3O3. The van der Waals surface area contributed by atoms with Crippen LogP contribution in [0.5, 0.6) is 5.75 Å². The number of carbonyl (C=O) groups is 2. The van der Waals surface area contributed by atoms with Gasteiger partial charge in [0.15, 0.2) is 0 Å². The van der Waals surface area contributed by atoms with E-state index in [0.29, 0.717) is 25.9 Å². The number of amides is 3. The van der Waals surface area contributed by atoms with Gasteiger partial charge in [-0.2, -0.15) is 8.78 Å². The van der Waals surface area contributed by atoms with E-state index in [2.05, 4.69) is 15.4 Å². The van der Waals surface area contributed by atoms with Crippen LogP contribution >= 0.6 is 0 Å². The van der Waals surface area contributed by atoms with Crippen LogP contribution in [-0.2, 0) is 4.79 Å². The molecule has 0 radical (unpaired) electrons. The smallest absolute Gasteiger partial charge is 0.387 e. The summed E-state index contributed by atoms with van der Waals surface area (Å²) in [6.45, 7) is -0.270. The molecule has 3 amide bonds. The second kappa shape index (κ2) is 7.75. The molecule has 23 heavy (non-hydrogen) atoms. The van der Waals surface area contributed by atoms with Crippen molar-refractivity contribution in [1.29, 1.82) is 0 Å². The van der Waals surface area contributed by atoms with E-state index >= 15 is 0 Å². The second-order valence-electron chi connectivity index (χ2n) is 5.25. The van der Waals surface area contributed by atoms with E-state index in [9.17, 15) is 18.4 Å². The molecule has 1 aromatic rings. The van der Waals surface area contributed by atoms with Gasteiger partial charge in [-0.3, -0.25) is 4.79 Å². The normalized spacial score (nSPS) is 15.4. The van der Waals surface area contributed by atoms with Crippen molar-refractivity contribution in [3.8, 4) is 5.75 Å². The van der Waals surface area contributed by atoms with Gasteiger partial charge in [-0.05, 0) is 25.0 Å². The Balaban J connectivity index is 1.87. The molecule has 1 aromatic carbocycles. The number of piperidine rings is 1. The van der Waals surface area contributed by atoms with Gasteiger partial charge in [-0.1, -0.05) is 12.1 Å². The molecule has 1 aliphatic heterocycles. The number of likely N-dealkylation sites (tertiary alicyclic amines) is 1. The van der Waals surface area contributed by atoms with Gasteiger partial charge in [0.25, 0.3) is 0 Å². The van der Waals surface area contributed by atoms with Gasteiger partial charge in [-0.25, -0.2) is 4.79 Å². The highest BCUT2D eigenvalue weighted by atomic mass is 19.3. The molecule has 0 bridgehead atoms. The average molecular weight is 327 g/mol. The maximum atomic E-state index is 12.3. The summed E-state index contributed by atoms with van der Waals surface area (Å²) in [7, 11) is 0. The summed E-state index contributed by atoms with van der Waals surface area (Å²) in [5.74, 6) is -0.0741. The summed E-state index contributed by atoms with van der Waals surface area (Å²) in [6, 6.07) is 5.44. The number of urea groups is 1. The lowest BCUT2D eigenvalue weighted by molar-refractivity contribution is -0.129. The zero-order valence-corrected chi connectivity index (χ0v) is 12.7. The molecule has 0 spiro atoms. The van der Waals surface area contributed by atoms with Crippen molar-refractivity contribution < 1.29 is 23.1 Å². The van der Waals surface area contributed by atoms with Gasteiger partial charge in [0, 0.05) is 26.1 Å². The SMILES string of the molecule is CC(=O)N1CCC(NC(=O)Nc2ccccc2OC(F)F)CC1. The van der Waals surface area contributed by atoms with Gasteiger partial charge in [0.1, 0.15) is 5.75 Å². The van der Waals surface area contributed by atoms with E-state index in [1.54, 1.807) is 11.0 Å². The first-order chi connectivity index (χ1) is 11.0. The maximum absolute atomic E-state index is 12.3. The zero-order chi connectivity index (χ0) is 16.8. The molecule has 126 valence electrons. The Morgan fingerprint density at radius 1 is 1.26 bits per heavy atom. The number of carbonyl (C=O) groups excluding carboxylic acids is 2. The Morgan fingerprint density at radius 3 is 2.52 bits per heavy atom. The van der Waals surface area contributed by atoms with Crippen molar-refractivity contribution in [1.82, 2.24) is 10.2 Å². The van der Waals surface area contributed by atoms with Crippen LogP contribution in [0.2, 0.25) is 0 Å². The van der Waals surface area contributed by atoms with Crippen LogP contribution in [0.15, 0.2) is 24.3 Å². The number of para-hydroxylation sites is 2. The first kappa shape index (κ1) is 17.0. The fourth-order valence-corrected chi connectivity index (χ4v) is 2.45. The van der Waals surface area contributed by atoms with Gasteiger partial charge >= 0.3 is 12.6 Å². The minimum Gasteiger partial charge on any atom is -0.433 e. The molecule has 0 aromatic heterocycles. The van der Waals surface area contributed by atoms with Crippen LogP contribution in [0.4, 0.5) is 19.3 Å². The van der Waals surface area contributed by atoms with Gasteiger partial charge < -0.3 is 20.3 Å². The number of alkyl halides is 2. The third kappa shape index (κ3) is 5.08. The first-order valence-electron chi connectivity index (χ1n) is 7.32. The predicted octanol–water partition coefficient (Wildman–Crippen LogP) is 2.42. The Labute approximate surface area is 132 Å². The summed E-state index contributed by atoms with van der Waals surface area (Å²) in [4.78, 5) is 25.0. The average Bonchev–Trinajstić information content (AvgIpc) is 2.49. The topological polar surface area (TPSA) is 70.7 Å². The fraction of sp³-hybridized carbons (Fsp3) is 0.467. The highest BCUT2D eigenvalue weighted by molar-refractivity contribution is 5.91. The van der Waals surface area contributed by atoms with E-state index in [0.717, 1.165) is 0 Å². The number of nitrogens with one attached hydrogen (secondary N) is 2. The minimum atomic E-state index is -2.96. The lowest BCUT2D eigenvalue weighted by Gasteiger charge is -2.31. The number of hydrogen-bond acceptors (Lipinski definition) is 3. The molecule has 1 heterocycles. The molecule has 1 aliphatic rings. The third-order valence-electron chi connectivity index (χ3n) is 3.63.